The molecule has 2 aromatic rings. The molecule has 1 saturated carbocycles. The second-order valence-corrected chi connectivity index (χ2v) is 6.57. The summed E-state index contributed by atoms with van der Waals surface area (Å²) in [6.45, 7) is 0.516. The van der Waals surface area contributed by atoms with Gasteiger partial charge in [-0.25, -0.2) is 0 Å². The van der Waals surface area contributed by atoms with Gasteiger partial charge in [0.1, 0.15) is 12.7 Å². The lowest BCUT2D eigenvalue weighted by Crippen LogP contribution is -2.35. The highest BCUT2D eigenvalue weighted by Gasteiger charge is 2.25. The molecule has 0 radical (unpaired) electrons. The predicted molar refractivity (Wildman–Crippen MR) is 97.0 cm³/mol. The molecule has 2 atom stereocenters. The lowest BCUT2D eigenvalue weighted by atomic mass is 10.0. The summed E-state index contributed by atoms with van der Waals surface area (Å²) in [6, 6.07) is 19.8. The first kappa shape index (κ1) is 17.6. The SMILES string of the molecule is O=C(COC(c1ccccc1)c1ccccc1)NCC1CCCC1O. The van der Waals surface area contributed by atoms with Crippen molar-refractivity contribution in [3.8, 4) is 0 Å². The van der Waals surface area contributed by atoms with Gasteiger partial charge in [-0.15, -0.1) is 0 Å². The second-order valence-electron chi connectivity index (χ2n) is 6.57. The Kier molecular flexibility index (Phi) is 6.20. The van der Waals surface area contributed by atoms with Crippen molar-refractivity contribution < 1.29 is 14.6 Å². The van der Waals surface area contributed by atoms with Crippen LogP contribution in [0.4, 0.5) is 0 Å². The molecule has 1 aliphatic carbocycles. The molecule has 0 saturated heterocycles. The zero-order valence-electron chi connectivity index (χ0n) is 14.3. The standard InChI is InChI=1S/C21H25NO3/c23-19-13-7-12-18(19)14-22-20(24)15-25-21(16-8-3-1-4-9-16)17-10-5-2-6-11-17/h1-6,8-11,18-19,21,23H,7,12-15H2,(H,22,24). The Morgan fingerprint density at radius 3 is 2.16 bits per heavy atom. The molecule has 0 aromatic heterocycles. The Bertz CT molecular complexity index is 620. The summed E-state index contributed by atoms with van der Waals surface area (Å²) < 4.78 is 5.94. The van der Waals surface area contributed by atoms with Crippen LogP contribution in [0.2, 0.25) is 0 Å². The Labute approximate surface area is 148 Å². The van der Waals surface area contributed by atoms with E-state index in [-0.39, 0.29) is 30.6 Å². The van der Waals surface area contributed by atoms with Crippen LogP contribution in [0.5, 0.6) is 0 Å². The molecule has 4 heteroatoms. The zero-order chi connectivity index (χ0) is 17.5. The molecule has 0 spiro atoms. The van der Waals surface area contributed by atoms with E-state index >= 15 is 0 Å². The van der Waals surface area contributed by atoms with Crippen molar-refractivity contribution in [2.45, 2.75) is 31.5 Å². The first-order valence-electron chi connectivity index (χ1n) is 8.90. The van der Waals surface area contributed by atoms with Crippen LogP contribution < -0.4 is 5.32 Å². The molecular weight excluding hydrogens is 314 g/mol. The number of hydrogen-bond acceptors (Lipinski definition) is 3. The van der Waals surface area contributed by atoms with E-state index in [2.05, 4.69) is 5.32 Å². The number of aliphatic hydroxyl groups excluding tert-OH is 1. The van der Waals surface area contributed by atoms with Crippen molar-refractivity contribution in [3.63, 3.8) is 0 Å². The molecule has 3 rings (SSSR count). The molecule has 2 aromatic carbocycles. The summed E-state index contributed by atoms with van der Waals surface area (Å²) in [5, 5.41) is 12.7. The Hall–Kier alpha value is -2.17. The maximum absolute atomic E-state index is 12.2. The van der Waals surface area contributed by atoms with Gasteiger partial charge >= 0.3 is 0 Å². The fourth-order valence-corrected chi connectivity index (χ4v) is 3.35. The largest absolute Gasteiger partial charge is 0.393 e. The number of amides is 1. The highest BCUT2D eigenvalue weighted by atomic mass is 16.5. The van der Waals surface area contributed by atoms with Crippen molar-refractivity contribution in [1.82, 2.24) is 5.32 Å². The summed E-state index contributed by atoms with van der Waals surface area (Å²) in [5.74, 6) is 0.0268. The van der Waals surface area contributed by atoms with Crippen LogP contribution in [0, 0.1) is 5.92 Å². The number of aliphatic hydroxyl groups is 1. The fourth-order valence-electron chi connectivity index (χ4n) is 3.35. The summed E-state index contributed by atoms with van der Waals surface area (Å²) in [6.07, 6.45) is 2.27. The maximum atomic E-state index is 12.2. The number of rotatable bonds is 7. The Balaban J connectivity index is 1.58. The van der Waals surface area contributed by atoms with Gasteiger partial charge in [0, 0.05) is 12.5 Å². The molecular formula is C21H25NO3. The van der Waals surface area contributed by atoms with E-state index in [1.807, 2.05) is 60.7 Å². The van der Waals surface area contributed by atoms with Crippen LogP contribution in [0.15, 0.2) is 60.7 Å². The van der Waals surface area contributed by atoms with E-state index in [4.69, 9.17) is 4.74 Å². The Morgan fingerprint density at radius 2 is 1.64 bits per heavy atom. The van der Waals surface area contributed by atoms with Gasteiger partial charge in [0.2, 0.25) is 5.91 Å². The van der Waals surface area contributed by atoms with Gasteiger partial charge in [-0.05, 0) is 24.0 Å². The summed E-state index contributed by atoms with van der Waals surface area (Å²) >= 11 is 0. The lowest BCUT2D eigenvalue weighted by Gasteiger charge is -2.20. The first-order valence-corrected chi connectivity index (χ1v) is 8.90. The average Bonchev–Trinajstić information content (AvgIpc) is 3.07. The van der Waals surface area contributed by atoms with E-state index in [9.17, 15) is 9.90 Å². The van der Waals surface area contributed by atoms with E-state index in [1.54, 1.807) is 0 Å². The second kappa shape index (κ2) is 8.79. The van der Waals surface area contributed by atoms with Crippen LogP contribution in [0.3, 0.4) is 0 Å². The third-order valence-electron chi connectivity index (χ3n) is 4.77. The molecule has 0 aliphatic heterocycles. The van der Waals surface area contributed by atoms with Crippen molar-refractivity contribution in [1.29, 1.82) is 0 Å². The lowest BCUT2D eigenvalue weighted by molar-refractivity contribution is -0.127. The molecule has 1 fully saturated rings. The Morgan fingerprint density at radius 1 is 1.04 bits per heavy atom. The van der Waals surface area contributed by atoms with Crippen molar-refractivity contribution in [3.05, 3.63) is 71.8 Å². The van der Waals surface area contributed by atoms with Gasteiger partial charge in [0.25, 0.3) is 0 Å². The van der Waals surface area contributed by atoms with Crippen LogP contribution in [0.1, 0.15) is 36.5 Å². The van der Waals surface area contributed by atoms with E-state index in [0.717, 1.165) is 30.4 Å². The third kappa shape index (κ3) is 4.91. The number of carbonyl (C=O) groups is 1. The molecule has 2 N–H and O–H groups in total. The normalized spacial score (nSPS) is 19.9. The van der Waals surface area contributed by atoms with E-state index < -0.39 is 0 Å². The van der Waals surface area contributed by atoms with Crippen LogP contribution >= 0.6 is 0 Å². The monoisotopic (exact) mass is 339 g/mol. The van der Waals surface area contributed by atoms with Gasteiger partial charge in [0.15, 0.2) is 0 Å². The fraction of sp³-hybridized carbons (Fsp3) is 0.381. The highest BCUT2D eigenvalue weighted by molar-refractivity contribution is 5.77. The molecule has 1 amide bonds. The maximum Gasteiger partial charge on any atom is 0.246 e. The first-order chi connectivity index (χ1) is 12.2. The molecule has 25 heavy (non-hydrogen) atoms. The summed E-state index contributed by atoms with van der Waals surface area (Å²) in [4.78, 5) is 12.2. The highest BCUT2D eigenvalue weighted by Crippen LogP contribution is 2.26. The predicted octanol–water partition coefficient (Wildman–Crippen LogP) is 3.07. The number of carbonyl (C=O) groups excluding carboxylic acids is 1. The van der Waals surface area contributed by atoms with Crippen molar-refractivity contribution in [2.75, 3.05) is 13.2 Å². The van der Waals surface area contributed by atoms with E-state index in [1.165, 1.54) is 0 Å². The molecule has 0 heterocycles. The number of nitrogens with one attached hydrogen (secondary N) is 1. The third-order valence-corrected chi connectivity index (χ3v) is 4.77. The number of ether oxygens (including phenoxy) is 1. The van der Waals surface area contributed by atoms with Gasteiger partial charge in [-0.1, -0.05) is 67.1 Å². The van der Waals surface area contributed by atoms with E-state index in [0.29, 0.717) is 6.54 Å². The molecule has 2 unspecified atom stereocenters. The smallest absolute Gasteiger partial charge is 0.246 e. The summed E-state index contributed by atoms with van der Waals surface area (Å²) in [7, 11) is 0. The topological polar surface area (TPSA) is 58.6 Å². The molecule has 132 valence electrons. The molecule has 1 aliphatic rings. The van der Waals surface area contributed by atoms with Gasteiger partial charge < -0.3 is 15.2 Å². The number of hydrogen-bond donors (Lipinski definition) is 2. The van der Waals surface area contributed by atoms with Gasteiger partial charge in [-0.2, -0.15) is 0 Å². The van der Waals surface area contributed by atoms with Gasteiger partial charge in [-0.3, -0.25) is 4.79 Å². The van der Waals surface area contributed by atoms with Crippen molar-refractivity contribution in [2.24, 2.45) is 5.92 Å². The number of benzene rings is 2. The van der Waals surface area contributed by atoms with Crippen LogP contribution in [-0.4, -0.2) is 30.3 Å². The minimum Gasteiger partial charge on any atom is -0.393 e. The summed E-state index contributed by atoms with van der Waals surface area (Å²) in [5.41, 5.74) is 2.04. The van der Waals surface area contributed by atoms with Crippen LogP contribution in [0.25, 0.3) is 0 Å². The molecule has 0 bridgehead atoms. The minimum absolute atomic E-state index is 0.00271. The average molecular weight is 339 g/mol. The zero-order valence-corrected chi connectivity index (χ0v) is 14.3. The molecule has 4 nitrogen and oxygen atoms in total. The van der Waals surface area contributed by atoms with Gasteiger partial charge in [0.05, 0.1) is 6.10 Å². The van der Waals surface area contributed by atoms with Crippen molar-refractivity contribution >= 4 is 5.91 Å². The minimum atomic E-state index is -0.289. The quantitative estimate of drug-likeness (QED) is 0.815. The van der Waals surface area contributed by atoms with Crippen LogP contribution in [-0.2, 0) is 9.53 Å².